The lowest BCUT2D eigenvalue weighted by Crippen LogP contribution is -2.22. The lowest BCUT2D eigenvalue weighted by molar-refractivity contribution is 0.462. The fourth-order valence-electron chi connectivity index (χ4n) is 2.83. The minimum absolute atomic E-state index is 0.440. The summed E-state index contributed by atoms with van der Waals surface area (Å²) < 4.78 is 2.13. The summed E-state index contributed by atoms with van der Waals surface area (Å²) in [6.45, 7) is 8.65. The smallest absolute Gasteiger partial charge is 0.0828 e. The third kappa shape index (κ3) is 2.64. The van der Waals surface area contributed by atoms with Gasteiger partial charge in [-0.2, -0.15) is 5.10 Å². The van der Waals surface area contributed by atoms with E-state index in [0.29, 0.717) is 12.1 Å². The second-order valence-electron chi connectivity index (χ2n) is 5.56. The predicted octanol–water partition coefficient (Wildman–Crippen LogP) is 3.83. The molecule has 0 unspecified atom stereocenters. The van der Waals surface area contributed by atoms with Crippen molar-refractivity contribution in [1.82, 2.24) is 9.78 Å². The Labute approximate surface area is 105 Å². The van der Waals surface area contributed by atoms with Crippen LogP contribution in [0.4, 0.5) is 5.69 Å². The largest absolute Gasteiger partial charge is 0.379 e. The Hall–Kier alpha value is -0.990. The first-order valence-electron chi connectivity index (χ1n) is 6.92. The van der Waals surface area contributed by atoms with Crippen molar-refractivity contribution >= 4 is 5.69 Å². The van der Waals surface area contributed by atoms with E-state index in [1.54, 1.807) is 0 Å². The van der Waals surface area contributed by atoms with Gasteiger partial charge in [-0.3, -0.25) is 4.68 Å². The molecule has 1 aromatic rings. The molecule has 0 bridgehead atoms. The number of nitrogens with zero attached hydrogens (tertiary/aromatic N) is 2. The van der Waals surface area contributed by atoms with E-state index in [9.17, 15) is 0 Å². The number of hydrogen-bond donors (Lipinski definition) is 1. The maximum atomic E-state index is 4.63. The zero-order valence-corrected chi connectivity index (χ0v) is 11.6. The Kier molecular flexibility index (Phi) is 3.75. The molecule has 0 amide bonds. The Balaban J connectivity index is 2.14. The molecule has 1 aliphatic rings. The summed E-state index contributed by atoms with van der Waals surface area (Å²) in [7, 11) is 0. The minimum atomic E-state index is 0.440. The van der Waals surface area contributed by atoms with E-state index < -0.39 is 0 Å². The normalized spacial score (nSPS) is 17.7. The standard InChI is InChI=1S/C14H25N3/c1-10(2)17-12(4)14(11(3)16-17)15-13-8-6-5-7-9-13/h10,13,15H,5-9H2,1-4H3. The van der Waals surface area contributed by atoms with Crippen LogP contribution in [0.3, 0.4) is 0 Å². The van der Waals surface area contributed by atoms with Gasteiger partial charge in [0.1, 0.15) is 0 Å². The van der Waals surface area contributed by atoms with Gasteiger partial charge in [0.15, 0.2) is 0 Å². The topological polar surface area (TPSA) is 29.9 Å². The number of aryl methyl sites for hydroxylation is 1. The number of aromatic nitrogens is 2. The van der Waals surface area contributed by atoms with Gasteiger partial charge in [-0.25, -0.2) is 0 Å². The molecule has 1 N–H and O–H groups in total. The van der Waals surface area contributed by atoms with Crippen molar-refractivity contribution < 1.29 is 0 Å². The second kappa shape index (κ2) is 5.11. The highest BCUT2D eigenvalue weighted by molar-refractivity contribution is 5.53. The van der Waals surface area contributed by atoms with Gasteiger partial charge in [-0.15, -0.1) is 0 Å². The molecule has 1 heterocycles. The summed E-state index contributed by atoms with van der Waals surface area (Å²) in [5.74, 6) is 0. The predicted molar refractivity (Wildman–Crippen MR) is 72.6 cm³/mol. The van der Waals surface area contributed by atoms with Crippen molar-refractivity contribution in [2.24, 2.45) is 0 Å². The summed E-state index contributed by atoms with van der Waals surface area (Å²) in [6.07, 6.45) is 6.76. The van der Waals surface area contributed by atoms with E-state index in [0.717, 1.165) is 5.69 Å². The van der Waals surface area contributed by atoms with Crippen molar-refractivity contribution in [1.29, 1.82) is 0 Å². The van der Waals surface area contributed by atoms with Gasteiger partial charge >= 0.3 is 0 Å². The number of nitrogens with one attached hydrogen (secondary N) is 1. The quantitative estimate of drug-likeness (QED) is 0.863. The summed E-state index contributed by atoms with van der Waals surface area (Å²) in [5.41, 5.74) is 3.69. The van der Waals surface area contributed by atoms with Crippen LogP contribution in [0.25, 0.3) is 0 Å². The summed E-state index contributed by atoms with van der Waals surface area (Å²) in [5, 5.41) is 8.34. The third-order valence-corrected chi connectivity index (χ3v) is 3.77. The molecule has 1 aromatic heterocycles. The van der Waals surface area contributed by atoms with Crippen molar-refractivity contribution in [3.63, 3.8) is 0 Å². The number of hydrogen-bond acceptors (Lipinski definition) is 2. The van der Waals surface area contributed by atoms with E-state index in [1.165, 1.54) is 43.5 Å². The maximum Gasteiger partial charge on any atom is 0.0828 e. The van der Waals surface area contributed by atoms with Crippen molar-refractivity contribution in [2.75, 3.05) is 5.32 Å². The van der Waals surface area contributed by atoms with Crippen LogP contribution in [-0.2, 0) is 0 Å². The average Bonchev–Trinajstić information content (AvgIpc) is 2.58. The van der Waals surface area contributed by atoms with E-state index in [-0.39, 0.29) is 0 Å². The summed E-state index contributed by atoms with van der Waals surface area (Å²) in [4.78, 5) is 0. The van der Waals surface area contributed by atoms with Gasteiger partial charge in [-0.05, 0) is 40.5 Å². The fourth-order valence-corrected chi connectivity index (χ4v) is 2.83. The van der Waals surface area contributed by atoms with Crippen molar-refractivity contribution in [3.8, 4) is 0 Å². The van der Waals surface area contributed by atoms with Gasteiger partial charge in [0.05, 0.1) is 17.1 Å². The summed E-state index contributed by atoms with van der Waals surface area (Å²) in [6, 6.07) is 1.10. The lowest BCUT2D eigenvalue weighted by Gasteiger charge is -2.24. The molecule has 0 atom stereocenters. The fraction of sp³-hybridized carbons (Fsp3) is 0.786. The lowest BCUT2D eigenvalue weighted by atomic mass is 9.95. The molecule has 96 valence electrons. The van der Waals surface area contributed by atoms with Crippen LogP contribution < -0.4 is 5.32 Å². The first-order chi connectivity index (χ1) is 8.09. The molecule has 1 aliphatic carbocycles. The average molecular weight is 235 g/mol. The molecule has 2 rings (SSSR count). The molecule has 0 radical (unpaired) electrons. The van der Waals surface area contributed by atoms with Gasteiger partial charge < -0.3 is 5.32 Å². The highest BCUT2D eigenvalue weighted by Gasteiger charge is 2.18. The molecule has 3 nitrogen and oxygen atoms in total. The first-order valence-corrected chi connectivity index (χ1v) is 6.92. The first kappa shape index (κ1) is 12.5. The highest BCUT2D eigenvalue weighted by Crippen LogP contribution is 2.27. The van der Waals surface area contributed by atoms with Crippen LogP contribution in [0.5, 0.6) is 0 Å². The van der Waals surface area contributed by atoms with E-state index in [1.807, 2.05) is 0 Å². The Morgan fingerprint density at radius 2 is 1.82 bits per heavy atom. The maximum absolute atomic E-state index is 4.63. The highest BCUT2D eigenvalue weighted by atomic mass is 15.3. The molecule has 0 aromatic carbocycles. The molecule has 1 fully saturated rings. The monoisotopic (exact) mass is 235 g/mol. The van der Waals surface area contributed by atoms with E-state index >= 15 is 0 Å². The van der Waals surface area contributed by atoms with Crippen LogP contribution in [-0.4, -0.2) is 15.8 Å². The zero-order chi connectivity index (χ0) is 12.4. The molecule has 0 saturated heterocycles. The van der Waals surface area contributed by atoms with Gasteiger partial charge in [0, 0.05) is 12.1 Å². The molecule has 0 aliphatic heterocycles. The summed E-state index contributed by atoms with van der Waals surface area (Å²) >= 11 is 0. The number of rotatable bonds is 3. The SMILES string of the molecule is Cc1nn(C(C)C)c(C)c1NC1CCCCC1. The Bertz CT molecular complexity index is 373. The van der Waals surface area contributed by atoms with Crippen LogP contribution in [0.2, 0.25) is 0 Å². The van der Waals surface area contributed by atoms with Crippen molar-refractivity contribution in [2.45, 2.75) is 71.9 Å². The Morgan fingerprint density at radius 1 is 1.18 bits per heavy atom. The molecule has 0 spiro atoms. The third-order valence-electron chi connectivity index (χ3n) is 3.77. The van der Waals surface area contributed by atoms with Gasteiger partial charge in [-0.1, -0.05) is 19.3 Å². The Morgan fingerprint density at radius 3 is 2.35 bits per heavy atom. The molecule has 3 heteroatoms. The minimum Gasteiger partial charge on any atom is -0.379 e. The van der Waals surface area contributed by atoms with E-state index in [4.69, 9.17) is 0 Å². The van der Waals surface area contributed by atoms with Crippen LogP contribution >= 0.6 is 0 Å². The molecular formula is C14H25N3. The molecule has 1 saturated carbocycles. The molecular weight excluding hydrogens is 210 g/mol. The van der Waals surface area contributed by atoms with Crippen molar-refractivity contribution in [3.05, 3.63) is 11.4 Å². The van der Waals surface area contributed by atoms with Gasteiger partial charge in [0.25, 0.3) is 0 Å². The van der Waals surface area contributed by atoms with Crippen LogP contribution in [0, 0.1) is 13.8 Å². The van der Waals surface area contributed by atoms with Gasteiger partial charge in [0.2, 0.25) is 0 Å². The molecule has 17 heavy (non-hydrogen) atoms. The van der Waals surface area contributed by atoms with Crippen LogP contribution in [0.15, 0.2) is 0 Å². The zero-order valence-electron chi connectivity index (χ0n) is 11.6. The number of anilines is 1. The second-order valence-corrected chi connectivity index (χ2v) is 5.56. The van der Waals surface area contributed by atoms with Crippen LogP contribution in [0.1, 0.15) is 63.4 Å². The van der Waals surface area contributed by atoms with E-state index in [2.05, 4.69) is 42.8 Å².